The van der Waals surface area contributed by atoms with Gasteiger partial charge in [-0.2, -0.15) is 13.1 Å². The Kier molecular flexibility index (Phi) is 3.44. The van der Waals surface area contributed by atoms with Crippen molar-refractivity contribution in [2.45, 2.75) is 26.3 Å². The number of benzene rings is 1. The zero-order valence-corrected chi connectivity index (χ0v) is 10.3. The fraction of sp³-hybridized carbons (Fsp3) is 0.400. The zero-order valence-electron chi connectivity index (χ0n) is 9.48. The molecule has 0 heterocycles. The van der Waals surface area contributed by atoms with E-state index in [2.05, 4.69) is 9.44 Å². The summed E-state index contributed by atoms with van der Waals surface area (Å²) in [6, 6.07) is 6.14. The summed E-state index contributed by atoms with van der Waals surface area (Å²) in [6.45, 7) is 5.20. The van der Waals surface area contributed by atoms with Crippen molar-refractivity contribution in [1.29, 1.82) is 0 Å². The molecule has 0 saturated heterocycles. The summed E-state index contributed by atoms with van der Waals surface area (Å²) >= 11 is 0. The Morgan fingerprint density at radius 2 is 1.75 bits per heavy atom. The number of hydrogen-bond donors (Lipinski definition) is 3. The summed E-state index contributed by atoms with van der Waals surface area (Å²) in [5.74, 6) is -0.109. The third-order valence-corrected chi connectivity index (χ3v) is 2.96. The molecule has 0 aliphatic carbocycles. The SMILES string of the molecule is CC(C)(C)NS(=O)(=O)Nc1ccccc1O. The van der Waals surface area contributed by atoms with Crippen LogP contribution in [0.2, 0.25) is 0 Å². The highest BCUT2D eigenvalue weighted by atomic mass is 32.2. The zero-order chi connectivity index (χ0) is 12.4. The van der Waals surface area contributed by atoms with Gasteiger partial charge in [0.2, 0.25) is 0 Å². The highest BCUT2D eigenvalue weighted by Gasteiger charge is 2.20. The monoisotopic (exact) mass is 244 g/mol. The molecule has 5 nitrogen and oxygen atoms in total. The molecule has 0 fully saturated rings. The summed E-state index contributed by atoms with van der Waals surface area (Å²) < 4.78 is 27.9. The van der Waals surface area contributed by atoms with E-state index in [-0.39, 0.29) is 11.4 Å². The van der Waals surface area contributed by atoms with Crippen LogP contribution in [-0.2, 0) is 10.2 Å². The molecule has 1 aromatic carbocycles. The lowest BCUT2D eigenvalue weighted by molar-refractivity contribution is 0.476. The number of anilines is 1. The molecule has 0 aliphatic heterocycles. The number of para-hydroxylation sites is 2. The molecular formula is C10H16N2O3S. The van der Waals surface area contributed by atoms with Gasteiger partial charge >= 0.3 is 0 Å². The van der Waals surface area contributed by atoms with Gasteiger partial charge < -0.3 is 5.11 Å². The molecule has 0 aromatic heterocycles. The van der Waals surface area contributed by atoms with Crippen molar-refractivity contribution in [3.63, 3.8) is 0 Å². The molecule has 1 aromatic rings. The van der Waals surface area contributed by atoms with Crippen molar-refractivity contribution in [3.05, 3.63) is 24.3 Å². The highest BCUT2D eigenvalue weighted by molar-refractivity contribution is 7.90. The van der Waals surface area contributed by atoms with E-state index in [9.17, 15) is 13.5 Å². The van der Waals surface area contributed by atoms with E-state index in [1.165, 1.54) is 12.1 Å². The van der Waals surface area contributed by atoms with Gasteiger partial charge in [-0.25, -0.2) is 0 Å². The maximum atomic E-state index is 11.6. The number of hydrogen-bond acceptors (Lipinski definition) is 3. The molecule has 1 rings (SSSR count). The molecule has 0 spiro atoms. The van der Waals surface area contributed by atoms with Crippen LogP contribution in [0.4, 0.5) is 5.69 Å². The normalized spacial score (nSPS) is 12.4. The molecule has 16 heavy (non-hydrogen) atoms. The summed E-state index contributed by atoms with van der Waals surface area (Å²) in [6.07, 6.45) is 0. The molecule has 3 N–H and O–H groups in total. The van der Waals surface area contributed by atoms with E-state index >= 15 is 0 Å². The van der Waals surface area contributed by atoms with Crippen molar-refractivity contribution in [2.75, 3.05) is 4.72 Å². The van der Waals surface area contributed by atoms with E-state index in [0.29, 0.717) is 0 Å². The first-order valence-electron chi connectivity index (χ1n) is 4.79. The van der Waals surface area contributed by atoms with Gasteiger partial charge in [0.1, 0.15) is 5.75 Å². The van der Waals surface area contributed by atoms with Crippen molar-refractivity contribution >= 4 is 15.9 Å². The largest absolute Gasteiger partial charge is 0.506 e. The highest BCUT2D eigenvalue weighted by Crippen LogP contribution is 2.22. The first-order chi connectivity index (χ1) is 7.20. The summed E-state index contributed by atoms with van der Waals surface area (Å²) in [5.41, 5.74) is -0.421. The standard InChI is InChI=1S/C10H16N2O3S/c1-10(2,3)12-16(14,15)11-8-6-4-5-7-9(8)13/h4-7,11-13H,1-3H3. The average molecular weight is 244 g/mol. The molecule has 0 amide bonds. The molecule has 0 bridgehead atoms. The molecule has 0 unspecified atom stereocenters. The van der Waals surface area contributed by atoms with E-state index < -0.39 is 15.7 Å². The van der Waals surface area contributed by atoms with Gasteiger partial charge in [-0.1, -0.05) is 12.1 Å². The Morgan fingerprint density at radius 3 is 2.25 bits per heavy atom. The molecule has 0 radical (unpaired) electrons. The summed E-state index contributed by atoms with van der Waals surface area (Å²) in [4.78, 5) is 0. The third kappa shape index (κ3) is 4.08. The van der Waals surface area contributed by atoms with Crippen LogP contribution in [0.5, 0.6) is 5.75 Å². The van der Waals surface area contributed by atoms with E-state index in [1.54, 1.807) is 32.9 Å². The first-order valence-corrected chi connectivity index (χ1v) is 6.28. The average Bonchev–Trinajstić information content (AvgIpc) is 2.04. The van der Waals surface area contributed by atoms with Crippen LogP contribution in [0.15, 0.2) is 24.3 Å². The number of aromatic hydroxyl groups is 1. The Bertz CT molecular complexity index is 463. The predicted octanol–water partition coefficient (Wildman–Crippen LogP) is 1.44. The quantitative estimate of drug-likeness (QED) is 0.704. The predicted molar refractivity (Wildman–Crippen MR) is 63.5 cm³/mol. The van der Waals surface area contributed by atoms with E-state index in [1.807, 2.05) is 0 Å². The maximum Gasteiger partial charge on any atom is 0.299 e. The topological polar surface area (TPSA) is 78.4 Å². The summed E-state index contributed by atoms with van der Waals surface area (Å²) in [7, 11) is -3.67. The molecule has 0 aliphatic rings. The van der Waals surface area contributed by atoms with Crippen LogP contribution in [0, 0.1) is 0 Å². The first kappa shape index (κ1) is 12.8. The summed E-state index contributed by atoms with van der Waals surface area (Å²) in [5, 5.41) is 9.42. The minimum absolute atomic E-state index is 0.109. The second-order valence-corrected chi connectivity index (χ2v) is 5.89. The van der Waals surface area contributed by atoms with E-state index in [0.717, 1.165) is 0 Å². The second-order valence-electron chi connectivity index (χ2n) is 4.47. The molecule has 0 atom stereocenters. The molecule has 6 heteroatoms. The van der Waals surface area contributed by atoms with Crippen molar-refractivity contribution in [2.24, 2.45) is 0 Å². The Balaban J connectivity index is 2.86. The van der Waals surface area contributed by atoms with Gasteiger partial charge in [-0.05, 0) is 32.9 Å². The lowest BCUT2D eigenvalue weighted by atomic mass is 10.1. The van der Waals surface area contributed by atoms with Crippen LogP contribution >= 0.6 is 0 Å². The number of phenolic OH excluding ortho intramolecular Hbond substituents is 1. The van der Waals surface area contributed by atoms with Gasteiger partial charge in [0.15, 0.2) is 0 Å². The lowest BCUT2D eigenvalue weighted by Crippen LogP contribution is -2.43. The van der Waals surface area contributed by atoms with Crippen LogP contribution < -0.4 is 9.44 Å². The van der Waals surface area contributed by atoms with Gasteiger partial charge in [0.05, 0.1) is 5.69 Å². The molecule has 0 saturated carbocycles. The fourth-order valence-electron chi connectivity index (χ4n) is 1.13. The number of nitrogens with one attached hydrogen (secondary N) is 2. The smallest absolute Gasteiger partial charge is 0.299 e. The Labute approximate surface area is 95.7 Å². The second kappa shape index (κ2) is 4.31. The van der Waals surface area contributed by atoms with Gasteiger partial charge in [0.25, 0.3) is 10.2 Å². The van der Waals surface area contributed by atoms with Crippen molar-refractivity contribution in [3.8, 4) is 5.75 Å². The van der Waals surface area contributed by atoms with Gasteiger partial charge in [0, 0.05) is 5.54 Å². The minimum Gasteiger partial charge on any atom is -0.506 e. The van der Waals surface area contributed by atoms with Crippen LogP contribution in [0.25, 0.3) is 0 Å². The Hall–Kier alpha value is -1.27. The number of rotatable bonds is 3. The van der Waals surface area contributed by atoms with Gasteiger partial charge in [-0.15, -0.1) is 0 Å². The van der Waals surface area contributed by atoms with Gasteiger partial charge in [-0.3, -0.25) is 4.72 Å². The van der Waals surface area contributed by atoms with Crippen LogP contribution in [0.1, 0.15) is 20.8 Å². The maximum absolute atomic E-state index is 11.6. The molecule has 90 valence electrons. The lowest BCUT2D eigenvalue weighted by Gasteiger charge is -2.21. The van der Waals surface area contributed by atoms with E-state index in [4.69, 9.17) is 0 Å². The van der Waals surface area contributed by atoms with Crippen molar-refractivity contribution in [1.82, 2.24) is 4.72 Å². The third-order valence-electron chi connectivity index (χ3n) is 1.59. The number of phenols is 1. The molecular weight excluding hydrogens is 228 g/mol. The minimum atomic E-state index is -3.67. The Morgan fingerprint density at radius 1 is 1.19 bits per heavy atom. The van der Waals surface area contributed by atoms with Crippen LogP contribution in [0.3, 0.4) is 0 Å². The fourth-order valence-corrected chi connectivity index (χ4v) is 2.45. The van der Waals surface area contributed by atoms with Crippen LogP contribution in [-0.4, -0.2) is 19.1 Å². The van der Waals surface area contributed by atoms with Crippen molar-refractivity contribution < 1.29 is 13.5 Å².